The number of anilines is 1. The zero-order valence-corrected chi connectivity index (χ0v) is 11.3. The molecule has 0 amide bonds. The zero-order valence-electron chi connectivity index (χ0n) is 11.3. The maximum absolute atomic E-state index is 11.5. The Morgan fingerprint density at radius 3 is 2.68 bits per heavy atom. The van der Waals surface area contributed by atoms with Gasteiger partial charge in [-0.05, 0) is 17.5 Å². The van der Waals surface area contributed by atoms with E-state index in [0.29, 0.717) is 12.2 Å². The maximum atomic E-state index is 11.5. The molecule has 1 aromatic rings. The fourth-order valence-electron chi connectivity index (χ4n) is 2.34. The number of carbonyl (C=O) groups is 1. The largest absolute Gasteiger partial charge is 0.426 e. The van der Waals surface area contributed by atoms with Gasteiger partial charge in [-0.1, -0.05) is 25.1 Å². The minimum atomic E-state index is -0.156. The molecule has 3 heteroatoms. The second kappa shape index (κ2) is 5.74. The number of hydrogen-bond donors (Lipinski definition) is 0. The van der Waals surface area contributed by atoms with Gasteiger partial charge < -0.3 is 9.64 Å². The average Bonchev–Trinajstić information content (AvgIpc) is 2.37. The fourth-order valence-corrected chi connectivity index (χ4v) is 2.34. The van der Waals surface area contributed by atoms with Gasteiger partial charge in [0.2, 0.25) is 0 Å². The summed E-state index contributed by atoms with van der Waals surface area (Å²) in [5.74, 6) is 0.744. The molecule has 19 heavy (non-hydrogen) atoms. The number of nitrogens with zero attached hydrogens (tertiary/aromatic N) is 1. The first-order valence-corrected chi connectivity index (χ1v) is 6.47. The maximum Gasteiger partial charge on any atom is 0.311 e. The number of esters is 1. The monoisotopic (exact) mass is 257 g/mol. The Hall–Kier alpha value is -2.03. The molecule has 0 aromatic heterocycles. The summed E-state index contributed by atoms with van der Waals surface area (Å²) in [7, 11) is 0. The summed E-state index contributed by atoms with van der Waals surface area (Å²) in [5.41, 5.74) is 2.11. The molecule has 100 valence electrons. The van der Waals surface area contributed by atoms with E-state index in [9.17, 15) is 4.79 Å². The van der Waals surface area contributed by atoms with E-state index < -0.39 is 0 Å². The molecular formula is C16H19NO2. The van der Waals surface area contributed by atoms with E-state index in [0.717, 1.165) is 24.3 Å². The highest BCUT2D eigenvalue weighted by Crippen LogP contribution is 2.36. The third kappa shape index (κ3) is 2.87. The second-order valence-electron chi connectivity index (χ2n) is 4.78. The van der Waals surface area contributed by atoms with Crippen LogP contribution in [-0.4, -0.2) is 19.1 Å². The normalized spacial score (nSPS) is 17.3. The van der Waals surface area contributed by atoms with Crippen molar-refractivity contribution < 1.29 is 9.53 Å². The molecule has 2 rings (SSSR count). The van der Waals surface area contributed by atoms with Crippen molar-refractivity contribution in [3.63, 3.8) is 0 Å². The second-order valence-corrected chi connectivity index (χ2v) is 4.78. The molecule has 0 N–H and O–H groups in total. The summed E-state index contributed by atoms with van der Waals surface area (Å²) in [6, 6.07) is 6.03. The predicted octanol–water partition coefficient (Wildman–Crippen LogP) is 3.28. The van der Waals surface area contributed by atoms with Gasteiger partial charge in [0.05, 0.1) is 6.42 Å². The van der Waals surface area contributed by atoms with Gasteiger partial charge in [-0.15, -0.1) is 13.2 Å². The Balaban J connectivity index is 2.33. The number of carbonyl (C=O) groups excluding carboxylic acids is 1. The minimum Gasteiger partial charge on any atom is -0.426 e. The highest BCUT2D eigenvalue weighted by Gasteiger charge is 2.24. The van der Waals surface area contributed by atoms with Crippen molar-refractivity contribution >= 4 is 11.7 Å². The van der Waals surface area contributed by atoms with Crippen LogP contribution in [0.5, 0.6) is 5.75 Å². The van der Waals surface area contributed by atoms with Gasteiger partial charge in [0.25, 0.3) is 0 Å². The van der Waals surface area contributed by atoms with Crippen molar-refractivity contribution in [3.05, 3.63) is 49.1 Å². The summed E-state index contributed by atoms with van der Waals surface area (Å²) in [5, 5.41) is 0. The standard InChI is InChI=1S/C16H19NO2/c1-4-8-17(9-5-2)13-6-7-14-12(3)10-16(18)19-15(14)11-13/h4-7,11-12H,1-2,8-10H2,3H3. The summed E-state index contributed by atoms with van der Waals surface area (Å²) in [6.07, 6.45) is 4.14. The van der Waals surface area contributed by atoms with E-state index in [1.807, 2.05) is 31.2 Å². The quantitative estimate of drug-likeness (QED) is 0.460. The number of benzene rings is 1. The third-order valence-corrected chi connectivity index (χ3v) is 3.29. The van der Waals surface area contributed by atoms with Crippen LogP contribution in [0.4, 0.5) is 5.69 Å². The highest BCUT2D eigenvalue weighted by atomic mass is 16.5. The van der Waals surface area contributed by atoms with Crippen molar-refractivity contribution in [2.75, 3.05) is 18.0 Å². The summed E-state index contributed by atoms with van der Waals surface area (Å²) in [6.45, 7) is 11.0. The first-order chi connectivity index (χ1) is 9.15. The zero-order chi connectivity index (χ0) is 13.8. The number of fused-ring (bicyclic) bond motifs is 1. The van der Waals surface area contributed by atoms with Crippen LogP contribution in [0.3, 0.4) is 0 Å². The smallest absolute Gasteiger partial charge is 0.311 e. The van der Waals surface area contributed by atoms with E-state index in [1.54, 1.807) is 0 Å². The van der Waals surface area contributed by atoms with Crippen molar-refractivity contribution in [2.24, 2.45) is 0 Å². The van der Waals surface area contributed by atoms with E-state index in [-0.39, 0.29) is 11.9 Å². The first-order valence-electron chi connectivity index (χ1n) is 6.47. The van der Waals surface area contributed by atoms with Crippen LogP contribution in [0.15, 0.2) is 43.5 Å². The molecule has 0 bridgehead atoms. The van der Waals surface area contributed by atoms with Crippen LogP contribution in [0, 0.1) is 0 Å². The molecule has 0 radical (unpaired) electrons. The van der Waals surface area contributed by atoms with E-state index in [4.69, 9.17) is 4.74 Å². The molecular weight excluding hydrogens is 238 g/mol. The summed E-state index contributed by atoms with van der Waals surface area (Å²) < 4.78 is 5.33. The minimum absolute atomic E-state index is 0.156. The molecule has 1 aliphatic rings. The fraction of sp³-hybridized carbons (Fsp3) is 0.312. The number of ether oxygens (including phenoxy) is 1. The first kappa shape index (κ1) is 13.4. The van der Waals surface area contributed by atoms with Crippen molar-refractivity contribution in [3.8, 4) is 5.75 Å². The highest BCUT2D eigenvalue weighted by molar-refractivity contribution is 5.77. The molecule has 0 spiro atoms. The van der Waals surface area contributed by atoms with Gasteiger partial charge in [0, 0.05) is 24.8 Å². The van der Waals surface area contributed by atoms with E-state index in [1.165, 1.54) is 0 Å². The molecule has 1 aromatic carbocycles. The summed E-state index contributed by atoms with van der Waals surface area (Å²) >= 11 is 0. The van der Waals surface area contributed by atoms with Crippen LogP contribution in [0.2, 0.25) is 0 Å². The lowest BCUT2D eigenvalue weighted by molar-refractivity contribution is -0.135. The van der Waals surface area contributed by atoms with Gasteiger partial charge in [-0.2, -0.15) is 0 Å². The van der Waals surface area contributed by atoms with Crippen LogP contribution in [-0.2, 0) is 4.79 Å². The van der Waals surface area contributed by atoms with Gasteiger partial charge >= 0.3 is 5.97 Å². The SMILES string of the molecule is C=CCN(CC=C)c1ccc2c(c1)OC(=O)CC2C. The molecule has 0 saturated heterocycles. The van der Waals surface area contributed by atoms with E-state index in [2.05, 4.69) is 24.1 Å². The topological polar surface area (TPSA) is 29.5 Å². The third-order valence-electron chi connectivity index (χ3n) is 3.29. The molecule has 0 fully saturated rings. The van der Waals surface area contributed by atoms with Crippen molar-refractivity contribution in [1.82, 2.24) is 0 Å². The van der Waals surface area contributed by atoms with Crippen LogP contribution < -0.4 is 9.64 Å². The molecule has 1 atom stereocenters. The number of hydrogen-bond acceptors (Lipinski definition) is 3. The van der Waals surface area contributed by atoms with Gasteiger partial charge in [0.1, 0.15) is 5.75 Å². The van der Waals surface area contributed by atoms with Crippen molar-refractivity contribution in [2.45, 2.75) is 19.3 Å². The van der Waals surface area contributed by atoms with Crippen molar-refractivity contribution in [1.29, 1.82) is 0 Å². The predicted molar refractivity (Wildman–Crippen MR) is 77.7 cm³/mol. The van der Waals surface area contributed by atoms with Gasteiger partial charge in [0.15, 0.2) is 0 Å². The Labute approximate surface area is 114 Å². The van der Waals surface area contributed by atoms with Crippen LogP contribution in [0.1, 0.15) is 24.8 Å². The molecule has 1 unspecified atom stereocenters. The van der Waals surface area contributed by atoms with Gasteiger partial charge in [-0.3, -0.25) is 4.79 Å². The Morgan fingerprint density at radius 2 is 2.05 bits per heavy atom. The molecule has 0 aliphatic carbocycles. The van der Waals surface area contributed by atoms with Crippen LogP contribution in [0.25, 0.3) is 0 Å². The molecule has 1 heterocycles. The van der Waals surface area contributed by atoms with E-state index >= 15 is 0 Å². The lowest BCUT2D eigenvalue weighted by Gasteiger charge is -2.26. The average molecular weight is 257 g/mol. The lowest BCUT2D eigenvalue weighted by atomic mass is 9.94. The Morgan fingerprint density at radius 1 is 1.37 bits per heavy atom. The Bertz CT molecular complexity index is 497. The summed E-state index contributed by atoms with van der Waals surface area (Å²) in [4.78, 5) is 13.6. The number of rotatable bonds is 5. The Kier molecular flexibility index (Phi) is 4.05. The molecule has 1 aliphatic heterocycles. The molecule has 0 saturated carbocycles. The lowest BCUT2D eigenvalue weighted by Crippen LogP contribution is -2.24. The molecule has 3 nitrogen and oxygen atoms in total. The van der Waals surface area contributed by atoms with Crippen LogP contribution >= 0.6 is 0 Å². The van der Waals surface area contributed by atoms with Gasteiger partial charge in [-0.25, -0.2) is 0 Å².